The molecule has 1 aromatic carbocycles. The average molecular weight is 367 g/mol. The number of rotatable bonds is 4. The van der Waals surface area contributed by atoms with E-state index in [4.69, 9.17) is 15.6 Å². The smallest absolute Gasteiger partial charge is 0.241 e. The number of fused-ring (bicyclic) bond motifs is 1. The number of nitrogens with two attached hydrogens (primary N) is 2. The molecule has 8 heteroatoms. The van der Waals surface area contributed by atoms with Crippen molar-refractivity contribution in [1.82, 2.24) is 5.32 Å². The Morgan fingerprint density at radius 1 is 1.40 bits per heavy atom. The Morgan fingerprint density at radius 3 is 2.80 bits per heavy atom. The van der Waals surface area contributed by atoms with E-state index in [1.165, 1.54) is 12.1 Å². The summed E-state index contributed by atoms with van der Waals surface area (Å²) < 4.78 is 28.7. The predicted octanol–water partition coefficient (Wildman–Crippen LogP) is 0.483. The van der Waals surface area contributed by atoms with E-state index < -0.39 is 21.0 Å². The van der Waals surface area contributed by atoms with Crippen LogP contribution in [0.3, 0.4) is 0 Å². The first-order valence-corrected chi connectivity index (χ1v) is 9.93. The van der Waals surface area contributed by atoms with Crippen LogP contribution in [0.1, 0.15) is 32.3 Å². The van der Waals surface area contributed by atoms with Gasteiger partial charge in [-0.1, -0.05) is 26.0 Å². The van der Waals surface area contributed by atoms with Crippen LogP contribution in [0.5, 0.6) is 0 Å². The molecule has 1 heterocycles. The number of hydrogen-bond acceptors (Lipinski definition) is 5. The van der Waals surface area contributed by atoms with Gasteiger partial charge in [-0.2, -0.15) is 0 Å². The SMILES string of the molecule is CC1(C)C2OCCCC2C1(N)C(=O)NCc1cccc(S(N)(=O)=O)c1. The molecule has 1 saturated carbocycles. The lowest BCUT2D eigenvalue weighted by Crippen LogP contribution is -2.82. The molecule has 3 rings (SSSR count). The average Bonchev–Trinajstić information content (AvgIpc) is 2.58. The van der Waals surface area contributed by atoms with Crippen LogP contribution in [0.2, 0.25) is 0 Å². The number of carbonyl (C=O) groups excluding carboxylic acids is 1. The third-order valence-electron chi connectivity index (χ3n) is 5.74. The van der Waals surface area contributed by atoms with Crippen LogP contribution in [0, 0.1) is 11.3 Å². The summed E-state index contributed by atoms with van der Waals surface area (Å²) in [6, 6.07) is 6.20. The van der Waals surface area contributed by atoms with Crippen molar-refractivity contribution < 1.29 is 17.9 Å². The van der Waals surface area contributed by atoms with E-state index in [1.807, 2.05) is 13.8 Å². The van der Waals surface area contributed by atoms with Crippen LogP contribution in [0.25, 0.3) is 0 Å². The summed E-state index contributed by atoms with van der Waals surface area (Å²) in [5, 5.41) is 7.99. The maximum atomic E-state index is 12.8. The van der Waals surface area contributed by atoms with Crippen LogP contribution >= 0.6 is 0 Å². The van der Waals surface area contributed by atoms with Gasteiger partial charge in [0, 0.05) is 24.5 Å². The second-order valence-electron chi connectivity index (χ2n) is 7.51. The molecule has 0 aromatic heterocycles. The minimum atomic E-state index is -3.77. The zero-order valence-corrected chi connectivity index (χ0v) is 15.3. The zero-order valence-electron chi connectivity index (χ0n) is 14.5. The molecular formula is C17H25N3O4S. The maximum Gasteiger partial charge on any atom is 0.241 e. The van der Waals surface area contributed by atoms with Gasteiger partial charge in [-0.05, 0) is 30.5 Å². The molecule has 3 atom stereocenters. The molecule has 1 aliphatic heterocycles. The van der Waals surface area contributed by atoms with Crippen molar-refractivity contribution in [3.8, 4) is 0 Å². The Kier molecular flexibility index (Phi) is 4.43. The Hall–Kier alpha value is -1.48. The summed E-state index contributed by atoms with van der Waals surface area (Å²) in [5.74, 6) is -0.225. The first-order valence-electron chi connectivity index (χ1n) is 8.39. The van der Waals surface area contributed by atoms with Gasteiger partial charge in [0.2, 0.25) is 15.9 Å². The number of sulfonamides is 1. The van der Waals surface area contributed by atoms with Gasteiger partial charge in [0.25, 0.3) is 0 Å². The number of nitrogens with one attached hydrogen (secondary N) is 1. The molecule has 25 heavy (non-hydrogen) atoms. The first kappa shape index (κ1) is 18.3. The van der Waals surface area contributed by atoms with Crippen LogP contribution in [-0.2, 0) is 26.1 Å². The lowest BCUT2D eigenvalue weighted by molar-refractivity contribution is -0.225. The van der Waals surface area contributed by atoms with Crippen LogP contribution in [0.15, 0.2) is 29.2 Å². The monoisotopic (exact) mass is 367 g/mol. The number of ether oxygens (including phenoxy) is 1. The first-order chi connectivity index (χ1) is 11.6. The van der Waals surface area contributed by atoms with Crippen molar-refractivity contribution in [2.45, 2.75) is 49.8 Å². The third kappa shape index (κ3) is 2.87. The number of amides is 1. The predicted molar refractivity (Wildman–Crippen MR) is 92.8 cm³/mol. The molecule has 0 bridgehead atoms. The highest BCUT2D eigenvalue weighted by atomic mass is 32.2. The third-order valence-corrected chi connectivity index (χ3v) is 6.65. The zero-order chi connectivity index (χ0) is 18.5. The van der Waals surface area contributed by atoms with Crippen molar-refractivity contribution in [2.24, 2.45) is 22.2 Å². The van der Waals surface area contributed by atoms with E-state index in [9.17, 15) is 13.2 Å². The normalized spacial score (nSPS) is 30.9. The second kappa shape index (κ2) is 6.05. The minimum Gasteiger partial charge on any atom is -0.377 e. The summed E-state index contributed by atoms with van der Waals surface area (Å²) >= 11 is 0. The van der Waals surface area contributed by atoms with Crippen LogP contribution < -0.4 is 16.2 Å². The summed E-state index contributed by atoms with van der Waals surface area (Å²) in [4.78, 5) is 12.9. The van der Waals surface area contributed by atoms with Crippen molar-refractivity contribution in [1.29, 1.82) is 0 Å². The minimum absolute atomic E-state index is 0.00251. The molecule has 5 N–H and O–H groups in total. The maximum absolute atomic E-state index is 12.8. The van der Waals surface area contributed by atoms with Gasteiger partial charge in [0.05, 0.1) is 11.0 Å². The quantitative estimate of drug-likeness (QED) is 0.714. The van der Waals surface area contributed by atoms with Crippen molar-refractivity contribution in [2.75, 3.05) is 6.61 Å². The van der Waals surface area contributed by atoms with E-state index in [2.05, 4.69) is 5.32 Å². The molecule has 138 valence electrons. The Labute approximate surface area is 148 Å². The summed E-state index contributed by atoms with van der Waals surface area (Å²) in [7, 11) is -3.77. The van der Waals surface area contributed by atoms with E-state index in [0.29, 0.717) is 12.2 Å². The summed E-state index contributed by atoms with van der Waals surface area (Å²) in [6.07, 6.45) is 1.78. The van der Waals surface area contributed by atoms with E-state index in [-0.39, 0.29) is 29.4 Å². The van der Waals surface area contributed by atoms with E-state index >= 15 is 0 Å². The van der Waals surface area contributed by atoms with Gasteiger partial charge in [-0.25, -0.2) is 13.6 Å². The van der Waals surface area contributed by atoms with Crippen LogP contribution in [0.4, 0.5) is 0 Å². The molecular weight excluding hydrogens is 342 g/mol. The number of hydrogen-bond donors (Lipinski definition) is 3. The molecule has 1 aliphatic carbocycles. The van der Waals surface area contributed by atoms with Gasteiger partial charge >= 0.3 is 0 Å². The molecule has 7 nitrogen and oxygen atoms in total. The molecule has 0 spiro atoms. The fourth-order valence-corrected chi connectivity index (χ4v) is 4.78. The molecule has 2 aliphatic rings. The molecule has 1 amide bonds. The highest BCUT2D eigenvalue weighted by Crippen LogP contribution is 2.57. The number of carbonyl (C=O) groups is 1. The lowest BCUT2D eigenvalue weighted by atomic mass is 9.46. The second-order valence-corrected chi connectivity index (χ2v) is 9.07. The Balaban J connectivity index is 1.73. The highest BCUT2D eigenvalue weighted by Gasteiger charge is 2.70. The topological polar surface area (TPSA) is 125 Å². The van der Waals surface area contributed by atoms with Crippen molar-refractivity contribution in [3.05, 3.63) is 29.8 Å². The molecule has 1 saturated heterocycles. The molecule has 0 radical (unpaired) electrons. The fraction of sp³-hybridized carbons (Fsp3) is 0.588. The van der Waals surface area contributed by atoms with E-state index in [1.54, 1.807) is 12.1 Å². The van der Waals surface area contributed by atoms with Gasteiger partial charge in [-0.3, -0.25) is 4.79 Å². The largest absolute Gasteiger partial charge is 0.377 e. The number of primary sulfonamides is 1. The standard InChI is InChI=1S/C17H25N3O4S/c1-16(2)14-13(7-4-8-24-14)17(16,18)15(21)20-10-11-5-3-6-12(9-11)25(19,22)23/h3,5-6,9,13-14H,4,7-8,10,18H2,1-2H3,(H,20,21)(H2,19,22,23). The van der Waals surface area contributed by atoms with Gasteiger partial charge in [0.1, 0.15) is 5.54 Å². The highest BCUT2D eigenvalue weighted by molar-refractivity contribution is 7.89. The van der Waals surface area contributed by atoms with Crippen molar-refractivity contribution >= 4 is 15.9 Å². The van der Waals surface area contributed by atoms with Crippen LogP contribution in [-0.4, -0.2) is 32.6 Å². The van der Waals surface area contributed by atoms with E-state index in [0.717, 1.165) is 12.8 Å². The molecule has 2 fully saturated rings. The van der Waals surface area contributed by atoms with Gasteiger partial charge in [0.15, 0.2) is 0 Å². The molecule has 3 unspecified atom stereocenters. The summed E-state index contributed by atoms with van der Waals surface area (Å²) in [6.45, 7) is 4.82. The van der Waals surface area contributed by atoms with Gasteiger partial charge < -0.3 is 15.8 Å². The Morgan fingerprint density at radius 2 is 2.12 bits per heavy atom. The fourth-order valence-electron chi connectivity index (χ4n) is 4.20. The number of benzene rings is 1. The molecule has 1 aromatic rings. The van der Waals surface area contributed by atoms with Crippen molar-refractivity contribution in [3.63, 3.8) is 0 Å². The van der Waals surface area contributed by atoms with Gasteiger partial charge in [-0.15, -0.1) is 0 Å². The summed E-state index contributed by atoms with van der Waals surface area (Å²) in [5.41, 5.74) is 5.74. The lowest BCUT2D eigenvalue weighted by Gasteiger charge is -2.65. The Bertz CT molecular complexity index is 793.